The average Bonchev–Trinajstić information content (AvgIpc) is 2.39. The minimum Gasteiger partial charge on any atom is -0.326 e. The Morgan fingerprint density at radius 1 is 1.28 bits per heavy atom. The molecule has 0 unspecified atom stereocenters. The fourth-order valence-corrected chi connectivity index (χ4v) is 1.59. The van der Waals surface area contributed by atoms with Crippen LogP contribution in [0.4, 0.5) is 5.82 Å². The molecule has 1 amide bonds. The van der Waals surface area contributed by atoms with Crippen molar-refractivity contribution in [2.45, 2.75) is 13.5 Å². The third-order valence-electron chi connectivity index (χ3n) is 2.61. The number of nitrogens with one attached hydrogen (secondary N) is 1. The van der Waals surface area contributed by atoms with Gasteiger partial charge in [0.15, 0.2) is 0 Å². The second-order valence-electron chi connectivity index (χ2n) is 4.07. The van der Waals surface area contributed by atoms with E-state index in [0.717, 1.165) is 11.1 Å². The normalized spacial score (nSPS) is 10.1. The number of nitrogens with two attached hydrogens (primary N) is 1. The van der Waals surface area contributed by atoms with E-state index in [9.17, 15) is 4.79 Å². The van der Waals surface area contributed by atoms with Crippen molar-refractivity contribution in [2.75, 3.05) is 5.32 Å². The van der Waals surface area contributed by atoms with Gasteiger partial charge in [0.25, 0.3) is 5.91 Å². The highest BCUT2D eigenvalue weighted by Gasteiger charge is 2.06. The second kappa shape index (κ2) is 5.42. The molecule has 2 rings (SSSR count). The molecule has 18 heavy (non-hydrogen) atoms. The van der Waals surface area contributed by atoms with E-state index >= 15 is 0 Å². The third-order valence-corrected chi connectivity index (χ3v) is 2.61. The van der Waals surface area contributed by atoms with Crippen LogP contribution in [0, 0.1) is 6.92 Å². The molecule has 1 aromatic heterocycles. The number of carbonyl (C=O) groups excluding carboxylic acids is 1. The van der Waals surface area contributed by atoms with Gasteiger partial charge in [0, 0.05) is 18.3 Å². The highest BCUT2D eigenvalue weighted by molar-refractivity contribution is 6.03. The topological polar surface area (TPSA) is 68.0 Å². The quantitative estimate of drug-likeness (QED) is 0.864. The number of hydrogen-bond acceptors (Lipinski definition) is 3. The van der Waals surface area contributed by atoms with Crippen LogP contribution in [0.1, 0.15) is 21.5 Å². The molecule has 0 aliphatic heterocycles. The number of amides is 1. The molecule has 3 N–H and O–H groups in total. The number of rotatable bonds is 3. The fourth-order valence-electron chi connectivity index (χ4n) is 1.59. The lowest BCUT2D eigenvalue weighted by molar-refractivity contribution is 0.102. The minimum atomic E-state index is -0.170. The molecular formula is C14H15N3O. The van der Waals surface area contributed by atoms with E-state index in [1.807, 2.05) is 31.2 Å². The van der Waals surface area contributed by atoms with Crippen LogP contribution in [-0.4, -0.2) is 10.9 Å². The largest absolute Gasteiger partial charge is 0.326 e. The van der Waals surface area contributed by atoms with Crippen LogP contribution < -0.4 is 11.1 Å². The number of aromatic nitrogens is 1. The van der Waals surface area contributed by atoms with Crippen molar-refractivity contribution >= 4 is 11.7 Å². The van der Waals surface area contributed by atoms with Crippen LogP contribution in [0.25, 0.3) is 0 Å². The summed E-state index contributed by atoms with van der Waals surface area (Å²) in [6.07, 6.45) is 1.67. The van der Waals surface area contributed by atoms with Crippen LogP contribution in [0.5, 0.6) is 0 Å². The van der Waals surface area contributed by atoms with E-state index in [4.69, 9.17) is 5.73 Å². The maximum Gasteiger partial charge on any atom is 0.256 e. The molecule has 0 aliphatic rings. The van der Waals surface area contributed by atoms with Crippen molar-refractivity contribution in [3.63, 3.8) is 0 Å². The summed E-state index contributed by atoms with van der Waals surface area (Å²) < 4.78 is 0. The first-order valence-corrected chi connectivity index (χ1v) is 5.72. The third kappa shape index (κ3) is 2.93. The summed E-state index contributed by atoms with van der Waals surface area (Å²) in [7, 11) is 0. The Kier molecular flexibility index (Phi) is 3.69. The van der Waals surface area contributed by atoms with Gasteiger partial charge in [0.2, 0.25) is 0 Å². The lowest BCUT2D eigenvalue weighted by Gasteiger charge is -2.05. The van der Waals surface area contributed by atoms with E-state index < -0.39 is 0 Å². The first-order chi connectivity index (χ1) is 8.69. The molecule has 2 aromatic rings. The molecule has 1 heterocycles. The van der Waals surface area contributed by atoms with Crippen LogP contribution in [0.3, 0.4) is 0 Å². The summed E-state index contributed by atoms with van der Waals surface area (Å²) >= 11 is 0. The van der Waals surface area contributed by atoms with Crippen molar-refractivity contribution < 1.29 is 4.79 Å². The Labute approximate surface area is 106 Å². The Balaban J connectivity index is 2.11. The Hall–Kier alpha value is -2.20. The van der Waals surface area contributed by atoms with Crippen LogP contribution in [0.15, 0.2) is 42.6 Å². The molecule has 0 saturated carbocycles. The SMILES string of the molecule is Cc1ccnc(NC(=O)c2ccc(CN)cc2)c1. The number of nitrogens with zero attached hydrogens (tertiary/aromatic N) is 1. The zero-order valence-corrected chi connectivity index (χ0v) is 10.2. The van der Waals surface area contributed by atoms with Gasteiger partial charge < -0.3 is 11.1 Å². The van der Waals surface area contributed by atoms with Crippen LogP contribution >= 0.6 is 0 Å². The molecule has 0 saturated heterocycles. The van der Waals surface area contributed by atoms with Crippen LogP contribution in [-0.2, 0) is 6.54 Å². The molecule has 0 aliphatic carbocycles. The van der Waals surface area contributed by atoms with Gasteiger partial charge in [0.1, 0.15) is 5.82 Å². The molecule has 0 radical (unpaired) electrons. The van der Waals surface area contributed by atoms with Crippen molar-refractivity contribution in [1.82, 2.24) is 4.98 Å². The predicted molar refractivity (Wildman–Crippen MR) is 71.3 cm³/mol. The van der Waals surface area contributed by atoms with Gasteiger partial charge in [-0.15, -0.1) is 0 Å². The maximum atomic E-state index is 11.9. The maximum absolute atomic E-state index is 11.9. The van der Waals surface area contributed by atoms with Gasteiger partial charge >= 0.3 is 0 Å². The second-order valence-corrected chi connectivity index (χ2v) is 4.07. The number of benzene rings is 1. The van der Waals surface area contributed by atoms with Gasteiger partial charge in [-0.05, 0) is 42.3 Å². The monoisotopic (exact) mass is 241 g/mol. The molecule has 0 spiro atoms. The van der Waals surface area contributed by atoms with Gasteiger partial charge in [-0.1, -0.05) is 12.1 Å². The van der Waals surface area contributed by atoms with E-state index in [1.54, 1.807) is 18.3 Å². The lowest BCUT2D eigenvalue weighted by Crippen LogP contribution is -2.13. The fraction of sp³-hybridized carbons (Fsp3) is 0.143. The minimum absolute atomic E-state index is 0.170. The number of carbonyl (C=O) groups is 1. The highest BCUT2D eigenvalue weighted by atomic mass is 16.1. The van der Waals surface area contributed by atoms with Crippen molar-refractivity contribution in [1.29, 1.82) is 0 Å². The number of pyridine rings is 1. The van der Waals surface area contributed by atoms with Crippen molar-refractivity contribution in [2.24, 2.45) is 5.73 Å². The first-order valence-electron chi connectivity index (χ1n) is 5.72. The Morgan fingerprint density at radius 2 is 2.00 bits per heavy atom. The van der Waals surface area contributed by atoms with Crippen molar-refractivity contribution in [3.05, 3.63) is 59.3 Å². The molecule has 4 nitrogen and oxygen atoms in total. The smallest absolute Gasteiger partial charge is 0.256 e. The molecule has 4 heteroatoms. The summed E-state index contributed by atoms with van der Waals surface area (Å²) in [6, 6.07) is 10.9. The molecule has 0 fully saturated rings. The first kappa shape index (κ1) is 12.3. The van der Waals surface area contributed by atoms with Gasteiger partial charge in [-0.3, -0.25) is 4.79 Å². The Bertz CT molecular complexity index is 549. The van der Waals surface area contributed by atoms with Gasteiger partial charge in [0.05, 0.1) is 0 Å². The molecule has 92 valence electrons. The zero-order chi connectivity index (χ0) is 13.0. The summed E-state index contributed by atoms with van der Waals surface area (Å²) in [6.45, 7) is 2.43. The lowest BCUT2D eigenvalue weighted by atomic mass is 10.1. The molecule has 0 atom stereocenters. The highest BCUT2D eigenvalue weighted by Crippen LogP contribution is 2.09. The van der Waals surface area contributed by atoms with E-state index in [2.05, 4.69) is 10.3 Å². The van der Waals surface area contributed by atoms with Gasteiger partial charge in [-0.25, -0.2) is 4.98 Å². The van der Waals surface area contributed by atoms with E-state index in [1.165, 1.54) is 0 Å². The molecule has 0 bridgehead atoms. The van der Waals surface area contributed by atoms with Gasteiger partial charge in [-0.2, -0.15) is 0 Å². The molecular weight excluding hydrogens is 226 g/mol. The summed E-state index contributed by atoms with van der Waals surface area (Å²) in [5, 5.41) is 2.76. The standard InChI is InChI=1S/C14H15N3O/c1-10-6-7-16-13(8-10)17-14(18)12-4-2-11(9-15)3-5-12/h2-8H,9,15H2,1H3,(H,16,17,18). The van der Waals surface area contributed by atoms with E-state index in [-0.39, 0.29) is 5.91 Å². The summed E-state index contributed by atoms with van der Waals surface area (Å²) in [5.41, 5.74) is 8.15. The number of aryl methyl sites for hydroxylation is 1. The predicted octanol–water partition coefficient (Wildman–Crippen LogP) is 2.10. The zero-order valence-electron chi connectivity index (χ0n) is 10.2. The van der Waals surface area contributed by atoms with Crippen LogP contribution in [0.2, 0.25) is 0 Å². The van der Waals surface area contributed by atoms with Crippen molar-refractivity contribution in [3.8, 4) is 0 Å². The number of hydrogen-bond donors (Lipinski definition) is 2. The Morgan fingerprint density at radius 3 is 2.61 bits per heavy atom. The molecule has 1 aromatic carbocycles. The average molecular weight is 241 g/mol. The summed E-state index contributed by atoms with van der Waals surface area (Å²) in [5.74, 6) is 0.388. The van der Waals surface area contributed by atoms with E-state index in [0.29, 0.717) is 17.9 Å². The summed E-state index contributed by atoms with van der Waals surface area (Å²) in [4.78, 5) is 16.0. The number of anilines is 1.